The summed E-state index contributed by atoms with van der Waals surface area (Å²) < 4.78 is 5.06. The van der Waals surface area contributed by atoms with Crippen molar-refractivity contribution in [2.24, 2.45) is 0 Å². The van der Waals surface area contributed by atoms with Crippen LogP contribution in [-0.2, 0) is 0 Å². The van der Waals surface area contributed by atoms with Crippen molar-refractivity contribution in [3.63, 3.8) is 0 Å². The molecule has 4 nitrogen and oxygen atoms in total. The van der Waals surface area contributed by atoms with E-state index in [9.17, 15) is 0 Å². The zero-order valence-electron chi connectivity index (χ0n) is 8.21. The molecule has 1 aromatic heterocycles. The van der Waals surface area contributed by atoms with E-state index in [1.807, 2.05) is 6.07 Å². The van der Waals surface area contributed by atoms with E-state index in [-0.39, 0.29) is 0 Å². The highest BCUT2D eigenvalue weighted by molar-refractivity contribution is 6.58. The van der Waals surface area contributed by atoms with E-state index in [0.717, 1.165) is 16.7 Å². The Morgan fingerprint density at radius 2 is 2.07 bits per heavy atom. The van der Waals surface area contributed by atoms with Gasteiger partial charge in [-0.25, -0.2) is 0 Å². The molecule has 0 fully saturated rings. The van der Waals surface area contributed by atoms with Gasteiger partial charge in [-0.15, -0.1) is 0 Å². The molecule has 0 atom stereocenters. The molecule has 1 heterocycles. The molecule has 2 aromatic rings. The number of benzene rings is 1. The first-order valence-electron chi connectivity index (χ1n) is 4.50. The molecule has 0 bridgehead atoms. The number of fused-ring (bicyclic) bond motifs is 1. The molecule has 0 aliphatic carbocycles. The van der Waals surface area contributed by atoms with Crippen molar-refractivity contribution in [2.45, 2.75) is 0 Å². The highest BCUT2D eigenvalue weighted by atomic mass is 16.5. The average molecular weight is 203 g/mol. The predicted molar refractivity (Wildman–Crippen MR) is 58.1 cm³/mol. The van der Waals surface area contributed by atoms with E-state index in [2.05, 4.69) is 4.98 Å². The number of rotatable bonds is 2. The molecule has 0 saturated heterocycles. The van der Waals surface area contributed by atoms with Crippen LogP contribution in [0.15, 0.2) is 30.5 Å². The number of methoxy groups -OCH3 is 1. The first-order valence-corrected chi connectivity index (χ1v) is 4.50. The highest BCUT2D eigenvalue weighted by Crippen LogP contribution is 2.17. The fraction of sp³-hybridized carbons (Fsp3) is 0.100. The summed E-state index contributed by atoms with van der Waals surface area (Å²) in [4.78, 5) is 4.11. The van der Waals surface area contributed by atoms with E-state index < -0.39 is 7.12 Å². The van der Waals surface area contributed by atoms with Gasteiger partial charge in [-0.2, -0.15) is 0 Å². The summed E-state index contributed by atoms with van der Waals surface area (Å²) in [6.45, 7) is 0. The van der Waals surface area contributed by atoms with Gasteiger partial charge >= 0.3 is 7.12 Å². The largest absolute Gasteiger partial charge is 0.497 e. The third-order valence-electron chi connectivity index (χ3n) is 2.21. The van der Waals surface area contributed by atoms with Gasteiger partial charge in [0, 0.05) is 23.1 Å². The van der Waals surface area contributed by atoms with Crippen molar-refractivity contribution in [1.29, 1.82) is 0 Å². The Labute approximate surface area is 87.3 Å². The average Bonchev–Trinajstić information content (AvgIpc) is 2.27. The number of aromatic nitrogens is 1. The van der Waals surface area contributed by atoms with Gasteiger partial charge in [0.15, 0.2) is 0 Å². The maximum Gasteiger partial charge on any atom is 0.490 e. The third-order valence-corrected chi connectivity index (χ3v) is 2.21. The molecule has 0 radical (unpaired) electrons. The van der Waals surface area contributed by atoms with Gasteiger partial charge in [0.1, 0.15) is 5.75 Å². The fourth-order valence-corrected chi connectivity index (χ4v) is 1.39. The molecule has 0 aliphatic heterocycles. The normalized spacial score (nSPS) is 10.3. The van der Waals surface area contributed by atoms with E-state index in [1.54, 1.807) is 25.3 Å². The lowest BCUT2D eigenvalue weighted by Crippen LogP contribution is -2.29. The molecule has 0 aliphatic rings. The molecular weight excluding hydrogens is 193 g/mol. The molecule has 2 rings (SSSR count). The first-order chi connectivity index (χ1) is 7.20. The van der Waals surface area contributed by atoms with Crippen LogP contribution in [0.1, 0.15) is 0 Å². The Balaban J connectivity index is 2.55. The zero-order valence-corrected chi connectivity index (χ0v) is 8.21. The van der Waals surface area contributed by atoms with Gasteiger partial charge in [-0.05, 0) is 12.1 Å². The molecule has 2 N–H and O–H groups in total. The van der Waals surface area contributed by atoms with Crippen LogP contribution < -0.4 is 10.2 Å². The summed E-state index contributed by atoms with van der Waals surface area (Å²) in [5.74, 6) is 0.729. The standard InChI is InChI=1S/C10H10BNO3/c1-15-9-3-2-7-4-8(11(13)14)6-12-10(7)5-9/h2-6,13-14H,1H3. The van der Waals surface area contributed by atoms with E-state index in [4.69, 9.17) is 14.8 Å². The van der Waals surface area contributed by atoms with Crippen molar-refractivity contribution < 1.29 is 14.8 Å². The topological polar surface area (TPSA) is 62.6 Å². The second-order valence-electron chi connectivity index (χ2n) is 3.20. The van der Waals surface area contributed by atoms with Crippen LogP contribution in [0, 0.1) is 0 Å². The van der Waals surface area contributed by atoms with Crippen LogP contribution in [0.4, 0.5) is 0 Å². The lowest BCUT2D eigenvalue weighted by Gasteiger charge is -2.03. The molecule has 76 valence electrons. The molecular formula is C10H10BNO3. The van der Waals surface area contributed by atoms with E-state index >= 15 is 0 Å². The third kappa shape index (κ3) is 1.93. The maximum absolute atomic E-state index is 8.97. The SMILES string of the molecule is COc1ccc2cc(B(O)O)cnc2c1. The minimum absolute atomic E-state index is 0.382. The minimum Gasteiger partial charge on any atom is -0.497 e. The maximum atomic E-state index is 8.97. The van der Waals surface area contributed by atoms with Gasteiger partial charge in [0.05, 0.1) is 12.6 Å². The van der Waals surface area contributed by atoms with Crippen LogP contribution in [-0.4, -0.2) is 29.3 Å². The summed E-state index contributed by atoms with van der Waals surface area (Å²) in [5, 5.41) is 18.8. The molecule has 0 saturated carbocycles. The van der Waals surface area contributed by atoms with Crippen LogP contribution in [0.3, 0.4) is 0 Å². The van der Waals surface area contributed by atoms with Crippen LogP contribution in [0.25, 0.3) is 10.9 Å². The summed E-state index contributed by atoms with van der Waals surface area (Å²) in [6.07, 6.45) is 1.44. The summed E-state index contributed by atoms with van der Waals surface area (Å²) >= 11 is 0. The van der Waals surface area contributed by atoms with Gasteiger partial charge in [0.25, 0.3) is 0 Å². The quantitative estimate of drug-likeness (QED) is 0.670. The summed E-state index contributed by atoms with van der Waals surface area (Å²) in [6, 6.07) is 7.11. The van der Waals surface area contributed by atoms with E-state index in [1.165, 1.54) is 6.20 Å². The number of hydrogen-bond acceptors (Lipinski definition) is 4. The summed E-state index contributed by atoms with van der Waals surface area (Å²) in [5.41, 5.74) is 1.14. The monoisotopic (exact) mass is 203 g/mol. The Bertz CT molecular complexity index is 487. The van der Waals surface area contributed by atoms with Crippen LogP contribution in [0.2, 0.25) is 0 Å². The molecule has 5 heteroatoms. The molecule has 1 aromatic carbocycles. The number of ether oxygens (including phenoxy) is 1. The summed E-state index contributed by atoms with van der Waals surface area (Å²) in [7, 11) is 0.108. The molecule has 0 amide bonds. The molecule has 15 heavy (non-hydrogen) atoms. The smallest absolute Gasteiger partial charge is 0.490 e. The Morgan fingerprint density at radius 1 is 1.27 bits per heavy atom. The van der Waals surface area contributed by atoms with E-state index in [0.29, 0.717) is 5.46 Å². The number of hydrogen-bond donors (Lipinski definition) is 2. The van der Waals surface area contributed by atoms with Crippen molar-refractivity contribution in [1.82, 2.24) is 4.98 Å². The van der Waals surface area contributed by atoms with Crippen LogP contribution in [0.5, 0.6) is 5.75 Å². The lowest BCUT2D eigenvalue weighted by atomic mass is 9.81. The highest BCUT2D eigenvalue weighted by Gasteiger charge is 2.11. The van der Waals surface area contributed by atoms with Crippen molar-refractivity contribution in [3.05, 3.63) is 30.5 Å². The van der Waals surface area contributed by atoms with Gasteiger partial charge in [-0.3, -0.25) is 4.98 Å². The minimum atomic E-state index is -1.48. The van der Waals surface area contributed by atoms with Gasteiger partial charge in [-0.1, -0.05) is 6.07 Å². The fourth-order valence-electron chi connectivity index (χ4n) is 1.39. The Kier molecular flexibility index (Phi) is 2.57. The Hall–Kier alpha value is -1.59. The van der Waals surface area contributed by atoms with Crippen molar-refractivity contribution >= 4 is 23.5 Å². The second-order valence-corrected chi connectivity index (χ2v) is 3.20. The number of nitrogens with zero attached hydrogens (tertiary/aromatic N) is 1. The van der Waals surface area contributed by atoms with Crippen LogP contribution >= 0.6 is 0 Å². The van der Waals surface area contributed by atoms with Gasteiger partial charge in [0.2, 0.25) is 0 Å². The Morgan fingerprint density at radius 3 is 2.73 bits per heavy atom. The zero-order chi connectivity index (χ0) is 10.8. The van der Waals surface area contributed by atoms with Crippen molar-refractivity contribution in [3.8, 4) is 5.75 Å². The first kappa shape index (κ1) is 9.95. The molecule has 0 unspecified atom stereocenters. The van der Waals surface area contributed by atoms with Crippen molar-refractivity contribution in [2.75, 3.05) is 7.11 Å². The second kappa shape index (κ2) is 3.88. The lowest BCUT2D eigenvalue weighted by molar-refractivity contribution is 0.415. The number of pyridine rings is 1. The molecule has 0 spiro atoms. The van der Waals surface area contributed by atoms with Gasteiger partial charge < -0.3 is 14.8 Å². The predicted octanol–water partition coefficient (Wildman–Crippen LogP) is -0.0768.